The van der Waals surface area contributed by atoms with E-state index in [2.05, 4.69) is 16.6 Å². The van der Waals surface area contributed by atoms with E-state index in [4.69, 9.17) is 21.0 Å². The third kappa shape index (κ3) is 5.07. The number of amides is 2. The molecular formula is C24H24N2O6. The number of nitrogens with one attached hydrogen (secondary N) is 2. The summed E-state index contributed by atoms with van der Waals surface area (Å²) in [5, 5.41) is 13.9. The third-order valence-electron chi connectivity index (χ3n) is 5.29. The van der Waals surface area contributed by atoms with Crippen LogP contribution in [0.4, 0.5) is 4.79 Å². The van der Waals surface area contributed by atoms with Crippen LogP contribution in [0.25, 0.3) is 11.1 Å². The summed E-state index contributed by atoms with van der Waals surface area (Å²) in [7, 11) is 1.28. The lowest BCUT2D eigenvalue weighted by Gasteiger charge is -2.19. The highest BCUT2D eigenvalue weighted by Gasteiger charge is 2.29. The average molecular weight is 436 g/mol. The Kier molecular flexibility index (Phi) is 7.47. The lowest BCUT2D eigenvalue weighted by atomic mass is 9.98. The lowest BCUT2D eigenvalue weighted by Crippen LogP contribution is -2.49. The Morgan fingerprint density at radius 1 is 1.09 bits per heavy atom. The minimum Gasteiger partial charge on any atom is -0.480 e. The quantitative estimate of drug-likeness (QED) is 0.519. The number of fused-ring (bicyclic) bond motifs is 3. The molecule has 3 N–H and O–H groups in total. The number of rotatable bonds is 9. The van der Waals surface area contributed by atoms with Crippen molar-refractivity contribution in [1.82, 2.24) is 10.6 Å². The van der Waals surface area contributed by atoms with E-state index < -0.39 is 30.1 Å². The first-order chi connectivity index (χ1) is 15.5. The van der Waals surface area contributed by atoms with E-state index in [1.165, 1.54) is 7.11 Å². The highest BCUT2D eigenvalue weighted by molar-refractivity contribution is 5.87. The Morgan fingerprint density at radius 3 is 2.22 bits per heavy atom. The van der Waals surface area contributed by atoms with Crippen LogP contribution in [0.2, 0.25) is 0 Å². The van der Waals surface area contributed by atoms with Gasteiger partial charge in [-0.3, -0.25) is 4.79 Å². The molecule has 2 aromatic carbocycles. The fourth-order valence-corrected chi connectivity index (χ4v) is 3.69. The van der Waals surface area contributed by atoms with E-state index in [1.54, 1.807) is 0 Å². The number of carbonyl (C=O) groups excluding carboxylic acids is 2. The maximum atomic E-state index is 12.3. The predicted octanol–water partition coefficient (Wildman–Crippen LogP) is 2.13. The molecule has 2 unspecified atom stereocenters. The highest BCUT2D eigenvalue weighted by Crippen LogP contribution is 2.44. The van der Waals surface area contributed by atoms with Crippen LogP contribution in [-0.4, -0.2) is 55.5 Å². The summed E-state index contributed by atoms with van der Waals surface area (Å²) in [6, 6.07) is 14.7. The van der Waals surface area contributed by atoms with E-state index in [1.807, 2.05) is 48.5 Å². The zero-order chi connectivity index (χ0) is 23.1. The molecule has 2 amide bonds. The van der Waals surface area contributed by atoms with Crippen LogP contribution in [0.5, 0.6) is 0 Å². The van der Waals surface area contributed by atoms with Crippen molar-refractivity contribution in [3.05, 3.63) is 59.7 Å². The number of methoxy groups -OCH3 is 1. The molecule has 0 aromatic heterocycles. The third-order valence-corrected chi connectivity index (χ3v) is 5.29. The fourth-order valence-electron chi connectivity index (χ4n) is 3.69. The van der Waals surface area contributed by atoms with Gasteiger partial charge >= 0.3 is 12.1 Å². The second kappa shape index (κ2) is 10.5. The van der Waals surface area contributed by atoms with Crippen molar-refractivity contribution in [3.63, 3.8) is 0 Å². The molecule has 0 aliphatic heterocycles. The van der Waals surface area contributed by atoms with Gasteiger partial charge in [-0.2, -0.15) is 0 Å². The number of carboxylic acid groups (broad SMARTS) is 1. The lowest BCUT2D eigenvalue weighted by molar-refractivity contribution is -0.143. The summed E-state index contributed by atoms with van der Waals surface area (Å²) < 4.78 is 10.5. The minimum absolute atomic E-state index is 0.0882. The van der Waals surface area contributed by atoms with Crippen molar-refractivity contribution in [1.29, 1.82) is 0 Å². The summed E-state index contributed by atoms with van der Waals surface area (Å²) in [4.78, 5) is 35.7. The molecule has 0 heterocycles. The Hall–Kier alpha value is -3.83. The number of carboxylic acids is 1. The van der Waals surface area contributed by atoms with Crippen molar-refractivity contribution in [2.75, 3.05) is 20.3 Å². The Morgan fingerprint density at radius 2 is 1.69 bits per heavy atom. The van der Waals surface area contributed by atoms with E-state index in [0.717, 1.165) is 22.3 Å². The van der Waals surface area contributed by atoms with E-state index in [9.17, 15) is 14.4 Å². The maximum absolute atomic E-state index is 12.3. The van der Waals surface area contributed by atoms with Crippen molar-refractivity contribution in [2.24, 2.45) is 0 Å². The fraction of sp³-hybridized carbons (Fsp3) is 0.292. The van der Waals surface area contributed by atoms with Gasteiger partial charge in [0.05, 0.1) is 6.54 Å². The number of hydrogen-bond acceptors (Lipinski definition) is 5. The first-order valence-corrected chi connectivity index (χ1v) is 10.0. The summed E-state index contributed by atoms with van der Waals surface area (Å²) in [6.07, 6.45) is 3.15. The molecule has 1 aliphatic rings. The second-order valence-electron chi connectivity index (χ2n) is 7.24. The van der Waals surface area contributed by atoms with Gasteiger partial charge in [-0.15, -0.1) is 12.3 Å². The van der Waals surface area contributed by atoms with Crippen LogP contribution >= 0.6 is 0 Å². The number of benzene rings is 2. The molecule has 0 bridgehead atoms. The molecule has 8 heteroatoms. The number of ether oxygens (including phenoxy) is 2. The predicted molar refractivity (Wildman–Crippen MR) is 117 cm³/mol. The highest BCUT2D eigenvalue weighted by atomic mass is 16.5. The first-order valence-electron chi connectivity index (χ1n) is 10.0. The van der Waals surface area contributed by atoms with Crippen LogP contribution in [0.15, 0.2) is 48.5 Å². The zero-order valence-electron chi connectivity index (χ0n) is 17.5. The Balaban J connectivity index is 1.55. The summed E-state index contributed by atoms with van der Waals surface area (Å²) in [5.41, 5.74) is 4.41. The number of terminal acetylenes is 1. The van der Waals surface area contributed by atoms with Crippen LogP contribution in [0, 0.1) is 12.3 Å². The van der Waals surface area contributed by atoms with Gasteiger partial charge in [-0.25, -0.2) is 9.59 Å². The van der Waals surface area contributed by atoms with E-state index in [-0.39, 0.29) is 25.5 Å². The van der Waals surface area contributed by atoms with Crippen LogP contribution in [0.1, 0.15) is 23.5 Å². The number of carbonyl (C=O) groups is 3. The van der Waals surface area contributed by atoms with Crippen molar-refractivity contribution >= 4 is 18.0 Å². The molecule has 0 radical (unpaired) electrons. The maximum Gasteiger partial charge on any atom is 0.407 e. The van der Waals surface area contributed by atoms with Gasteiger partial charge in [0, 0.05) is 19.4 Å². The SMILES string of the molecule is C#CCC(NC(=O)C(CNC(=O)OCC1c2ccccc2-c2ccccc21)OC)C(=O)O. The topological polar surface area (TPSA) is 114 Å². The van der Waals surface area contributed by atoms with Crippen LogP contribution in [0.3, 0.4) is 0 Å². The van der Waals surface area contributed by atoms with Gasteiger partial charge in [0.1, 0.15) is 12.6 Å². The normalized spacial score (nSPS) is 13.8. The zero-order valence-corrected chi connectivity index (χ0v) is 17.5. The molecule has 0 spiro atoms. The van der Waals surface area contributed by atoms with Gasteiger partial charge in [-0.05, 0) is 22.3 Å². The standard InChI is InChI=1S/C24H24N2O6/c1-3-8-20(23(28)29)26-22(27)21(31-2)13-25-24(30)32-14-19-17-11-6-4-9-15(17)16-10-5-7-12-18(16)19/h1,4-7,9-12,19-21H,8,13-14H2,2H3,(H,25,30)(H,26,27)(H,28,29). The van der Waals surface area contributed by atoms with E-state index >= 15 is 0 Å². The first kappa shape index (κ1) is 22.8. The van der Waals surface area contributed by atoms with Crippen molar-refractivity contribution in [2.45, 2.75) is 24.5 Å². The largest absolute Gasteiger partial charge is 0.480 e. The summed E-state index contributed by atoms with van der Waals surface area (Å²) >= 11 is 0. The molecule has 0 saturated carbocycles. The summed E-state index contributed by atoms with van der Waals surface area (Å²) in [5.74, 6) is 0.151. The molecule has 1 aliphatic carbocycles. The number of alkyl carbamates (subject to hydrolysis) is 1. The molecule has 2 aromatic rings. The van der Waals surface area contributed by atoms with Crippen LogP contribution < -0.4 is 10.6 Å². The van der Waals surface area contributed by atoms with Gasteiger partial charge in [0.2, 0.25) is 0 Å². The minimum atomic E-state index is -1.25. The van der Waals surface area contributed by atoms with Crippen LogP contribution in [-0.2, 0) is 19.1 Å². The monoisotopic (exact) mass is 436 g/mol. The molecule has 2 atom stereocenters. The molecule has 32 heavy (non-hydrogen) atoms. The Labute approximate surface area is 185 Å². The molecule has 3 rings (SSSR count). The Bertz CT molecular complexity index is 999. The van der Waals surface area contributed by atoms with Gasteiger partial charge < -0.3 is 25.2 Å². The molecular weight excluding hydrogens is 412 g/mol. The number of aliphatic carboxylic acids is 1. The molecule has 166 valence electrons. The number of hydrogen-bond donors (Lipinski definition) is 3. The van der Waals surface area contributed by atoms with Crippen molar-refractivity contribution < 1.29 is 29.0 Å². The molecule has 0 fully saturated rings. The van der Waals surface area contributed by atoms with Gasteiger partial charge in [0.25, 0.3) is 5.91 Å². The second-order valence-corrected chi connectivity index (χ2v) is 7.24. The molecule has 0 saturated heterocycles. The summed E-state index contributed by atoms with van der Waals surface area (Å²) in [6.45, 7) is -0.0611. The van der Waals surface area contributed by atoms with Gasteiger partial charge in [-0.1, -0.05) is 48.5 Å². The van der Waals surface area contributed by atoms with E-state index in [0.29, 0.717) is 0 Å². The molecule has 8 nitrogen and oxygen atoms in total. The smallest absolute Gasteiger partial charge is 0.407 e. The van der Waals surface area contributed by atoms with Gasteiger partial charge in [0.15, 0.2) is 6.10 Å². The van der Waals surface area contributed by atoms with Crippen molar-refractivity contribution in [3.8, 4) is 23.5 Å². The average Bonchev–Trinajstić information content (AvgIpc) is 3.11.